The highest BCUT2D eigenvalue weighted by atomic mass is 127. The Balaban J connectivity index is 0.00000261. The van der Waals surface area contributed by atoms with Gasteiger partial charge in [0.05, 0.1) is 25.3 Å². The van der Waals surface area contributed by atoms with Crippen molar-refractivity contribution in [2.45, 2.75) is 32.7 Å². The molecule has 1 aliphatic carbocycles. The largest absolute Gasteiger partial charge is 0.493 e. The van der Waals surface area contributed by atoms with E-state index in [1.807, 2.05) is 25.1 Å². The van der Waals surface area contributed by atoms with Crippen LogP contribution >= 0.6 is 35.6 Å². The average Bonchev–Trinajstić information content (AvgIpc) is 3.09. The number of aliphatic imine (C=N–C) groups is 1. The molecule has 0 atom stereocenters. The summed E-state index contributed by atoms with van der Waals surface area (Å²) in [6, 6.07) is 10.0. The lowest BCUT2D eigenvalue weighted by Crippen LogP contribution is -2.22. The molecule has 2 aromatic rings. The molecule has 0 aromatic heterocycles. The van der Waals surface area contributed by atoms with Gasteiger partial charge in [-0.05, 0) is 67.1 Å². The minimum Gasteiger partial charge on any atom is -0.493 e. The second-order valence-electron chi connectivity index (χ2n) is 6.21. The number of ether oxygens (including phenoxy) is 2. The third-order valence-corrected chi connectivity index (χ3v) is 4.66. The monoisotopic (exact) mass is 501 g/mol. The number of fused-ring (bicyclic) bond motifs is 1. The molecule has 0 spiro atoms. The Labute approximate surface area is 182 Å². The molecule has 3 N–H and O–H groups in total. The number of nitrogens with one attached hydrogen (secondary N) is 1. The maximum atomic E-state index is 6.29. The van der Waals surface area contributed by atoms with Crippen LogP contribution in [0.5, 0.6) is 11.5 Å². The van der Waals surface area contributed by atoms with Crippen LogP contribution in [0.4, 0.5) is 5.69 Å². The predicted octanol–water partition coefficient (Wildman–Crippen LogP) is 4.78. The number of nitrogens with zero attached hydrogens (tertiary/aromatic N) is 1. The van der Waals surface area contributed by atoms with Crippen LogP contribution in [-0.2, 0) is 19.4 Å². The summed E-state index contributed by atoms with van der Waals surface area (Å²) in [6.07, 6.45) is 3.52. The summed E-state index contributed by atoms with van der Waals surface area (Å²) in [5.74, 6) is 1.51. The lowest BCUT2D eigenvalue weighted by molar-refractivity contribution is 0.311. The van der Waals surface area contributed by atoms with Crippen molar-refractivity contribution in [2.75, 3.05) is 19.0 Å². The summed E-state index contributed by atoms with van der Waals surface area (Å²) in [5.41, 5.74) is 10.7. The van der Waals surface area contributed by atoms with Gasteiger partial charge in [-0.15, -0.1) is 24.0 Å². The van der Waals surface area contributed by atoms with Crippen molar-refractivity contribution in [1.82, 2.24) is 0 Å². The van der Waals surface area contributed by atoms with Crippen molar-refractivity contribution >= 4 is 47.2 Å². The summed E-state index contributed by atoms with van der Waals surface area (Å²) < 4.78 is 10.9. The fourth-order valence-corrected chi connectivity index (χ4v) is 3.45. The summed E-state index contributed by atoms with van der Waals surface area (Å²) in [7, 11) is 1.59. The van der Waals surface area contributed by atoms with E-state index in [1.165, 1.54) is 24.0 Å². The Morgan fingerprint density at radius 2 is 2.00 bits per heavy atom. The number of hydrogen-bond donors (Lipinski definition) is 2. The van der Waals surface area contributed by atoms with Gasteiger partial charge in [0.1, 0.15) is 0 Å². The third-order valence-electron chi connectivity index (χ3n) is 4.38. The fourth-order valence-electron chi connectivity index (χ4n) is 3.16. The molecule has 0 radical (unpaired) electrons. The van der Waals surface area contributed by atoms with E-state index >= 15 is 0 Å². The zero-order valence-corrected chi connectivity index (χ0v) is 18.6. The summed E-state index contributed by atoms with van der Waals surface area (Å²) in [5, 5.41) is 3.66. The number of methoxy groups -OCH3 is 1. The highest BCUT2D eigenvalue weighted by Crippen LogP contribution is 2.36. The Morgan fingerprint density at radius 1 is 1.22 bits per heavy atom. The van der Waals surface area contributed by atoms with Gasteiger partial charge in [-0.1, -0.05) is 17.7 Å². The molecule has 0 heterocycles. The van der Waals surface area contributed by atoms with Gasteiger partial charge in [-0.3, -0.25) is 0 Å². The number of rotatable bonds is 6. The molecule has 0 unspecified atom stereocenters. The van der Waals surface area contributed by atoms with Crippen LogP contribution in [0.25, 0.3) is 0 Å². The topological polar surface area (TPSA) is 68.9 Å². The van der Waals surface area contributed by atoms with Crippen molar-refractivity contribution < 1.29 is 9.47 Å². The van der Waals surface area contributed by atoms with Crippen LogP contribution < -0.4 is 20.5 Å². The molecule has 3 rings (SSSR count). The van der Waals surface area contributed by atoms with Crippen LogP contribution in [0.1, 0.15) is 30.0 Å². The van der Waals surface area contributed by atoms with Crippen LogP contribution in [0.2, 0.25) is 5.02 Å². The summed E-state index contributed by atoms with van der Waals surface area (Å²) >= 11 is 6.29. The molecule has 0 aliphatic heterocycles. The first-order valence-corrected chi connectivity index (χ1v) is 9.16. The molecule has 2 aromatic carbocycles. The summed E-state index contributed by atoms with van der Waals surface area (Å²) in [4.78, 5) is 4.40. The molecule has 0 saturated heterocycles. The fraction of sp³-hybridized carbons (Fsp3) is 0.350. The average molecular weight is 502 g/mol. The lowest BCUT2D eigenvalue weighted by Gasteiger charge is -2.13. The van der Waals surface area contributed by atoms with E-state index in [0.29, 0.717) is 35.6 Å². The smallest absolute Gasteiger partial charge is 0.193 e. The standard InChI is InChI=1S/C20H24ClN3O2.HI/c1-3-26-19-17(21)9-13(10-18(19)25-2)12-23-20(22)24-16-8-7-14-5-4-6-15(14)11-16;/h7-11H,3-6,12H2,1-2H3,(H3,22,23,24);1H. The van der Waals surface area contributed by atoms with E-state index in [1.54, 1.807) is 7.11 Å². The van der Waals surface area contributed by atoms with Gasteiger partial charge in [0, 0.05) is 5.69 Å². The second-order valence-corrected chi connectivity index (χ2v) is 6.61. The number of anilines is 1. The maximum Gasteiger partial charge on any atom is 0.193 e. The van der Waals surface area contributed by atoms with Crippen molar-refractivity contribution in [3.63, 3.8) is 0 Å². The third kappa shape index (κ3) is 5.42. The highest BCUT2D eigenvalue weighted by Gasteiger charge is 2.12. The molecular weight excluding hydrogens is 477 g/mol. The van der Waals surface area contributed by atoms with Crippen molar-refractivity contribution in [3.05, 3.63) is 52.0 Å². The molecule has 0 amide bonds. The molecule has 1 aliphatic rings. The molecule has 5 nitrogen and oxygen atoms in total. The quantitative estimate of drug-likeness (QED) is 0.340. The Hall–Kier alpha value is -1.67. The van der Waals surface area contributed by atoms with Crippen molar-refractivity contribution in [2.24, 2.45) is 10.7 Å². The first-order valence-electron chi connectivity index (χ1n) is 8.78. The Morgan fingerprint density at radius 3 is 2.74 bits per heavy atom. The lowest BCUT2D eigenvalue weighted by atomic mass is 10.1. The van der Waals surface area contributed by atoms with Gasteiger partial charge in [-0.25, -0.2) is 4.99 Å². The zero-order chi connectivity index (χ0) is 18.5. The van der Waals surface area contributed by atoms with Gasteiger partial charge in [0.25, 0.3) is 0 Å². The van der Waals surface area contributed by atoms with E-state index in [-0.39, 0.29) is 24.0 Å². The number of nitrogens with two attached hydrogens (primary N) is 1. The van der Waals surface area contributed by atoms with Gasteiger partial charge < -0.3 is 20.5 Å². The van der Waals surface area contributed by atoms with E-state index < -0.39 is 0 Å². The minimum absolute atomic E-state index is 0. The maximum absolute atomic E-state index is 6.29. The van der Waals surface area contributed by atoms with Crippen LogP contribution in [0.3, 0.4) is 0 Å². The molecule has 0 saturated carbocycles. The first kappa shape index (κ1) is 21.6. The number of aryl methyl sites for hydroxylation is 2. The number of benzene rings is 2. The molecule has 0 bridgehead atoms. The van der Waals surface area contributed by atoms with Crippen molar-refractivity contribution in [1.29, 1.82) is 0 Å². The SMILES string of the molecule is CCOc1c(Cl)cc(CN=C(N)Nc2ccc3c(c2)CCC3)cc1OC.I. The van der Waals surface area contributed by atoms with Gasteiger partial charge in [0.15, 0.2) is 17.5 Å². The second kappa shape index (κ2) is 10.0. The van der Waals surface area contributed by atoms with Crippen LogP contribution in [0.15, 0.2) is 35.3 Å². The molecule has 0 fully saturated rings. The Kier molecular flexibility index (Phi) is 8.04. The molecule has 146 valence electrons. The normalized spacial score (nSPS) is 12.9. The number of hydrogen-bond acceptors (Lipinski definition) is 3. The van der Waals surface area contributed by atoms with Crippen LogP contribution in [0, 0.1) is 0 Å². The van der Waals surface area contributed by atoms with Gasteiger partial charge in [-0.2, -0.15) is 0 Å². The van der Waals surface area contributed by atoms with Crippen LogP contribution in [-0.4, -0.2) is 19.7 Å². The minimum atomic E-state index is 0. The van der Waals surface area contributed by atoms with Gasteiger partial charge >= 0.3 is 0 Å². The molecule has 7 heteroatoms. The molecular formula is C20H25ClIN3O2. The van der Waals surface area contributed by atoms with E-state index in [9.17, 15) is 0 Å². The predicted molar refractivity (Wildman–Crippen MR) is 122 cm³/mol. The highest BCUT2D eigenvalue weighted by molar-refractivity contribution is 14.0. The van der Waals surface area contributed by atoms with E-state index in [4.69, 9.17) is 26.8 Å². The molecule has 27 heavy (non-hydrogen) atoms. The van der Waals surface area contributed by atoms with Crippen molar-refractivity contribution in [3.8, 4) is 11.5 Å². The van der Waals surface area contributed by atoms with Gasteiger partial charge in [0.2, 0.25) is 0 Å². The number of guanidine groups is 1. The van der Waals surface area contributed by atoms with E-state index in [0.717, 1.165) is 17.7 Å². The van der Waals surface area contributed by atoms with E-state index in [2.05, 4.69) is 22.4 Å². The Bertz CT molecular complexity index is 827. The summed E-state index contributed by atoms with van der Waals surface area (Å²) in [6.45, 7) is 2.82. The number of halogens is 2. The first-order chi connectivity index (χ1) is 12.6. The zero-order valence-electron chi connectivity index (χ0n) is 15.5.